The number of rotatable bonds is 7. The van der Waals surface area contributed by atoms with Crippen LogP contribution >= 0.6 is 11.3 Å². The van der Waals surface area contributed by atoms with Crippen molar-refractivity contribution in [3.05, 3.63) is 39.8 Å². The quantitative estimate of drug-likeness (QED) is 0.849. The Balaban J connectivity index is 2.12. The molecule has 0 saturated heterocycles. The van der Waals surface area contributed by atoms with Crippen molar-refractivity contribution in [2.45, 2.75) is 26.4 Å². The Bertz CT molecular complexity index is 624. The summed E-state index contributed by atoms with van der Waals surface area (Å²) in [5, 5.41) is 10.1. The van der Waals surface area contributed by atoms with E-state index in [4.69, 9.17) is 9.47 Å². The van der Waals surface area contributed by atoms with E-state index in [1.54, 1.807) is 19.2 Å². The predicted octanol–water partition coefficient (Wildman–Crippen LogP) is 3.38. The molecule has 2 rings (SSSR count). The molecule has 1 aromatic carbocycles. The van der Waals surface area contributed by atoms with Gasteiger partial charge < -0.3 is 14.6 Å². The third kappa shape index (κ3) is 3.95. The van der Waals surface area contributed by atoms with Crippen molar-refractivity contribution in [1.29, 1.82) is 0 Å². The molecule has 0 amide bonds. The molecule has 0 radical (unpaired) electrons. The van der Waals surface area contributed by atoms with Gasteiger partial charge in [-0.1, -0.05) is 13.0 Å². The second-order valence-corrected chi connectivity index (χ2v) is 5.49. The lowest BCUT2D eigenvalue weighted by molar-refractivity contribution is 0.0699. The van der Waals surface area contributed by atoms with Gasteiger partial charge in [0.05, 0.1) is 12.1 Å². The van der Waals surface area contributed by atoms with Crippen LogP contribution in [0.2, 0.25) is 0 Å². The minimum absolute atomic E-state index is 0.134. The van der Waals surface area contributed by atoms with Crippen LogP contribution in [0.3, 0.4) is 0 Å². The largest absolute Gasteiger partial charge is 0.497 e. The number of ether oxygens (including phenoxy) is 2. The third-order valence-corrected chi connectivity index (χ3v) is 3.96. The molecule has 1 aromatic heterocycles. The van der Waals surface area contributed by atoms with Crippen molar-refractivity contribution in [3.8, 4) is 11.5 Å². The summed E-state index contributed by atoms with van der Waals surface area (Å²) in [7, 11) is 1.58. The average Bonchev–Trinajstić information content (AvgIpc) is 2.89. The molecule has 0 aliphatic rings. The van der Waals surface area contributed by atoms with Gasteiger partial charge in [0.15, 0.2) is 0 Å². The van der Waals surface area contributed by atoms with Crippen LogP contribution in [0.5, 0.6) is 11.5 Å². The Morgan fingerprint density at radius 3 is 2.81 bits per heavy atom. The normalized spacial score (nSPS) is 10.4. The van der Waals surface area contributed by atoms with Crippen molar-refractivity contribution in [3.63, 3.8) is 0 Å². The van der Waals surface area contributed by atoms with Gasteiger partial charge in [0.1, 0.15) is 28.7 Å². The second kappa shape index (κ2) is 7.08. The van der Waals surface area contributed by atoms with Gasteiger partial charge in [-0.05, 0) is 25.0 Å². The van der Waals surface area contributed by atoms with Crippen LogP contribution in [0, 0.1) is 0 Å². The van der Waals surface area contributed by atoms with E-state index in [2.05, 4.69) is 4.98 Å². The predicted molar refractivity (Wildman–Crippen MR) is 80.4 cm³/mol. The fourth-order valence-corrected chi connectivity index (χ4v) is 2.84. The Morgan fingerprint density at radius 1 is 1.38 bits per heavy atom. The lowest BCUT2D eigenvalue weighted by atomic mass is 10.3. The van der Waals surface area contributed by atoms with Gasteiger partial charge in [-0.3, -0.25) is 0 Å². The van der Waals surface area contributed by atoms with Crippen LogP contribution in [-0.4, -0.2) is 23.2 Å². The van der Waals surface area contributed by atoms with Crippen LogP contribution in [-0.2, 0) is 13.0 Å². The molecule has 0 spiro atoms. The maximum absolute atomic E-state index is 11.2. The molecule has 21 heavy (non-hydrogen) atoms. The molecule has 0 aliphatic heterocycles. The fraction of sp³-hybridized carbons (Fsp3) is 0.333. The van der Waals surface area contributed by atoms with Gasteiger partial charge in [0.2, 0.25) is 0 Å². The summed E-state index contributed by atoms with van der Waals surface area (Å²) in [6, 6.07) is 7.18. The van der Waals surface area contributed by atoms with Gasteiger partial charge in [0.25, 0.3) is 0 Å². The summed E-state index contributed by atoms with van der Waals surface area (Å²) < 4.78 is 10.7. The van der Waals surface area contributed by atoms with Crippen LogP contribution in [0.15, 0.2) is 24.3 Å². The standard InChI is InChI=1S/C15H17NO4S/c1-3-5-13-16-12(14(21-13)15(17)18)9-20-11-7-4-6-10(8-11)19-2/h4,6-8H,3,5,9H2,1-2H3,(H,17,18). The number of carbonyl (C=O) groups is 1. The summed E-state index contributed by atoms with van der Waals surface area (Å²) >= 11 is 1.22. The zero-order chi connectivity index (χ0) is 15.2. The van der Waals surface area contributed by atoms with E-state index in [1.165, 1.54) is 11.3 Å². The number of nitrogens with zero attached hydrogens (tertiary/aromatic N) is 1. The lowest BCUT2D eigenvalue weighted by Crippen LogP contribution is -2.03. The van der Waals surface area contributed by atoms with Crippen molar-refractivity contribution in [2.75, 3.05) is 7.11 Å². The number of hydrogen-bond acceptors (Lipinski definition) is 5. The minimum Gasteiger partial charge on any atom is -0.497 e. The Hall–Kier alpha value is -2.08. The molecule has 0 fully saturated rings. The van der Waals surface area contributed by atoms with Gasteiger partial charge >= 0.3 is 5.97 Å². The molecule has 0 saturated carbocycles. The first-order valence-corrected chi connectivity index (χ1v) is 7.44. The molecular formula is C15H17NO4S. The maximum atomic E-state index is 11.2. The van der Waals surface area contributed by atoms with E-state index in [1.807, 2.05) is 19.1 Å². The summed E-state index contributed by atoms with van der Waals surface area (Å²) in [6.45, 7) is 2.17. The summed E-state index contributed by atoms with van der Waals surface area (Å²) in [5.74, 6) is 0.353. The van der Waals surface area contributed by atoms with Crippen molar-refractivity contribution in [2.24, 2.45) is 0 Å². The van der Waals surface area contributed by atoms with Gasteiger partial charge in [-0.2, -0.15) is 0 Å². The summed E-state index contributed by atoms with van der Waals surface area (Å²) in [4.78, 5) is 15.9. The van der Waals surface area contributed by atoms with E-state index in [0.29, 0.717) is 17.2 Å². The third-order valence-electron chi connectivity index (χ3n) is 2.82. The Labute approximate surface area is 127 Å². The number of aryl methyl sites for hydroxylation is 1. The number of methoxy groups -OCH3 is 1. The summed E-state index contributed by atoms with van der Waals surface area (Å²) in [5.41, 5.74) is 0.471. The highest BCUT2D eigenvalue weighted by Gasteiger charge is 2.17. The first-order chi connectivity index (χ1) is 10.1. The Morgan fingerprint density at radius 2 is 2.14 bits per heavy atom. The number of hydrogen-bond donors (Lipinski definition) is 1. The van der Waals surface area contributed by atoms with Gasteiger partial charge in [-0.15, -0.1) is 11.3 Å². The second-order valence-electron chi connectivity index (χ2n) is 4.41. The summed E-state index contributed by atoms with van der Waals surface area (Å²) in [6.07, 6.45) is 1.72. The molecule has 0 unspecified atom stereocenters. The zero-order valence-corrected chi connectivity index (χ0v) is 12.8. The molecule has 0 bridgehead atoms. The molecule has 5 nitrogen and oxygen atoms in total. The van der Waals surface area contributed by atoms with Crippen molar-refractivity contribution >= 4 is 17.3 Å². The number of carboxylic acids is 1. The molecule has 112 valence electrons. The smallest absolute Gasteiger partial charge is 0.347 e. The van der Waals surface area contributed by atoms with Crippen LogP contribution in [0.25, 0.3) is 0 Å². The molecule has 1 N–H and O–H groups in total. The highest BCUT2D eigenvalue weighted by atomic mass is 32.1. The highest BCUT2D eigenvalue weighted by molar-refractivity contribution is 7.13. The molecule has 2 aromatic rings. The molecule has 0 aliphatic carbocycles. The van der Waals surface area contributed by atoms with E-state index in [-0.39, 0.29) is 11.5 Å². The zero-order valence-electron chi connectivity index (χ0n) is 12.0. The molecule has 6 heteroatoms. The number of thiazole rings is 1. The minimum atomic E-state index is -0.959. The topological polar surface area (TPSA) is 68.7 Å². The van der Waals surface area contributed by atoms with Crippen molar-refractivity contribution < 1.29 is 19.4 Å². The Kier molecular flexibility index (Phi) is 5.16. The van der Waals surface area contributed by atoms with Crippen LogP contribution in [0.4, 0.5) is 0 Å². The van der Waals surface area contributed by atoms with E-state index < -0.39 is 5.97 Å². The fourth-order valence-electron chi connectivity index (χ4n) is 1.83. The van der Waals surface area contributed by atoms with E-state index >= 15 is 0 Å². The first-order valence-electron chi connectivity index (χ1n) is 6.62. The van der Waals surface area contributed by atoms with Crippen LogP contribution in [0.1, 0.15) is 33.7 Å². The number of benzene rings is 1. The number of carboxylic acid groups (broad SMARTS) is 1. The van der Waals surface area contributed by atoms with Crippen molar-refractivity contribution in [1.82, 2.24) is 4.98 Å². The molecule has 0 atom stereocenters. The van der Waals surface area contributed by atoms with Gasteiger partial charge in [-0.25, -0.2) is 9.78 Å². The highest BCUT2D eigenvalue weighted by Crippen LogP contribution is 2.23. The molecule has 1 heterocycles. The average molecular weight is 307 g/mol. The molecular weight excluding hydrogens is 290 g/mol. The first kappa shape index (κ1) is 15.3. The SMILES string of the molecule is CCCc1nc(COc2cccc(OC)c2)c(C(=O)O)s1. The van der Waals surface area contributed by atoms with E-state index in [0.717, 1.165) is 17.8 Å². The van der Waals surface area contributed by atoms with Gasteiger partial charge in [0, 0.05) is 6.07 Å². The van der Waals surface area contributed by atoms with E-state index in [9.17, 15) is 9.90 Å². The van der Waals surface area contributed by atoms with Crippen LogP contribution < -0.4 is 9.47 Å². The monoisotopic (exact) mass is 307 g/mol. The maximum Gasteiger partial charge on any atom is 0.347 e. The number of aromatic carboxylic acids is 1. The lowest BCUT2D eigenvalue weighted by Gasteiger charge is -2.06. The number of aromatic nitrogens is 1.